The van der Waals surface area contributed by atoms with Gasteiger partial charge in [-0.3, -0.25) is 9.59 Å². The molecule has 1 unspecified atom stereocenters. The molecule has 2 aromatic rings. The minimum Gasteiger partial charge on any atom is -0.493 e. The Morgan fingerprint density at radius 3 is 2.33 bits per heavy atom. The maximum Gasteiger partial charge on any atom is 0.229 e. The molecule has 1 heterocycles. The third-order valence-electron chi connectivity index (χ3n) is 4.83. The van der Waals surface area contributed by atoms with E-state index in [9.17, 15) is 9.59 Å². The van der Waals surface area contributed by atoms with Crippen molar-refractivity contribution in [1.82, 2.24) is 0 Å². The first-order valence-electron chi connectivity index (χ1n) is 8.83. The summed E-state index contributed by atoms with van der Waals surface area (Å²) in [5.41, 5.74) is 3.46. The van der Waals surface area contributed by atoms with E-state index in [-0.39, 0.29) is 18.2 Å². The van der Waals surface area contributed by atoms with Gasteiger partial charge in [0.2, 0.25) is 11.8 Å². The molecule has 1 aliphatic heterocycles. The molecule has 2 amide bonds. The lowest BCUT2D eigenvalue weighted by Gasteiger charge is -2.18. The molecule has 1 fully saturated rings. The number of anilines is 2. The summed E-state index contributed by atoms with van der Waals surface area (Å²) >= 11 is 0. The Morgan fingerprint density at radius 1 is 1.07 bits per heavy atom. The van der Waals surface area contributed by atoms with E-state index in [1.807, 2.05) is 44.2 Å². The van der Waals surface area contributed by atoms with Gasteiger partial charge in [0, 0.05) is 30.4 Å². The van der Waals surface area contributed by atoms with Crippen LogP contribution in [0.2, 0.25) is 0 Å². The molecule has 3 rings (SSSR count). The second kappa shape index (κ2) is 7.70. The number of amides is 2. The fourth-order valence-corrected chi connectivity index (χ4v) is 3.21. The number of methoxy groups -OCH3 is 2. The molecular weight excluding hydrogens is 344 g/mol. The van der Waals surface area contributed by atoms with E-state index in [2.05, 4.69) is 5.32 Å². The maximum atomic E-state index is 12.7. The normalized spacial score (nSPS) is 16.4. The first kappa shape index (κ1) is 18.8. The number of hydrogen-bond acceptors (Lipinski definition) is 4. The summed E-state index contributed by atoms with van der Waals surface area (Å²) in [6.45, 7) is 4.26. The predicted octanol–water partition coefficient (Wildman–Crippen LogP) is 3.31. The zero-order valence-corrected chi connectivity index (χ0v) is 16.0. The number of nitrogens with one attached hydrogen (secondary N) is 1. The summed E-state index contributed by atoms with van der Waals surface area (Å²) in [5, 5.41) is 2.93. The summed E-state index contributed by atoms with van der Waals surface area (Å²) in [5.74, 6) is 0.541. The largest absolute Gasteiger partial charge is 0.493 e. The molecule has 0 aromatic heterocycles. The highest BCUT2D eigenvalue weighted by molar-refractivity contribution is 6.03. The van der Waals surface area contributed by atoms with Crippen LogP contribution in [0.3, 0.4) is 0 Å². The summed E-state index contributed by atoms with van der Waals surface area (Å²) in [7, 11) is 3.12. The maximum absolute atomic E-state index is 12.7. The van der Waals surface area contributed by atoms with Crippen molar-refractivity contribution in [3.8, 4) is 11.5 Å². The van der Waals surface area contributed by atoms with Gasteiger partial charge in [0.05, 0.1) is 20.1 Å². The van der Waals surface area contributed by atoms with Crippen LogP contribution in [0.4, 0.5) is 11.4 Å². The second-order valence-electron chi connectivity index (χ2n) is 6.75. The Kier molecular flexibility index (Phi) is 5.35. The van der Waals surface area contributed by atoms with E-state index in [1.54, 1.807) is 25.2 Å². The van der Waals surface area contributed by atoms with E-state index >= 15 is 0 Å². The number of benzene rings is 2. The molecule has 6 heteroatoms. The Morgan fingerprint density at radius 2 is 1.70 bits per heavy atom. The van der Waals surface area contributed by atoms with Crippen molar-refractivity contribution in [1.29, 1.82) is 0 Å². The lowest BCUT2D eigenvalue weighted by Crippen LogP contribution is -2.28. The standard InChI is InChI=1S/C21H24N2O4/c1-13-5-7-16(8-6-13)23-12-15(10-20(23)24)21(25)22-17-11-19(27-4)18(26-3)9-14(17)2/h5-9,11,15H,10,12H2,1-4H3,(H,22,25). The van der Waals surface area contributed by atoms with E-state index in [0.717, 1.165) is 16.8 Å². The highest BCUT2D eigenvalue weighted by atomic mass is 16.5. The zero-order valence-electron chi connectivity index (χ0n) is 16.0. The van der Waals surface area contributed by atoms with Crippen LogP contribution in [0.25, 0.3) is 0 Å². The van der Waals surface area contributed by atoms with Crippen LogP contribution in [-0.4, -0.2) is 32.6 Å². The summed E-state index contributed by atoms with van der Waals surface area (Å²) in [6.07, 6.45) is 0.200. The van der Waals surface area contributed by atoms with Crippen LogP contribution in [0.5, 0.6) is 11.5 Å². The monoisotopic (exact) mass is 368 g/mol. The van der Waals surface area contributed by atoms with Crippen LogP contribution in [0.1, 0.15) is 17.5 Å². The molecule has 2 aromatic carbocycles. The number of carbonyl (C=O) groups is 2. The number of aryl methyl sites for hydroxylation is 2. The lowest BCUT2D eigenvalue weighted by atomic mass is 10.1. The summed E-state index contributed by atoms with van der Waals surface area (Å²) < 4.78 is 10.6. The molecule has 142 valence electrons. The molecule has 0 aliphatic carbocycles. The Labute approximate surface area is 159 Å². The summed E-state index contributed by atoms with van der Waals surface area (Å²) in [4.78, 5) is 26.8. The molecule has 6 nitrogen and oxygen atoms in total. The van der Waals surface area contributed by atoms with Crippen LogP contribution in [-0.2, 0) is 9.59 Å². The molecule has 0 saturated carbocycles. The fourth-order valence-electron chi connectivity index (χ4n) is 3.21. The van der Waals surface area contributed by atoms with Crippen molar-refractivity contribution < 1.29 is 19.1 Å². The van der Waals surface area contributed by atoms with Gasteiger partial charge in [-0.1, -0.05) is 17.7 Å². The highest BCUT2D eigenvalue weighted by Gasteiger charge is 2.35. The molecule has 0 radical (unpaired) electrons. The Hall–Kier alpha value is -3.02. The number of ether oxygens (including phenoxy) is 2. The average molecular weight is 368 g/mol. The van der Waals surface area contributed by atoms with Gasteiger partial charge in [0.1, 0.15) is 0 Å². The third-order valence-corrected chi connectivity index (χ3v) is 4.83. The van der Waals surface area contributed by atoms with Crippen LogP contribution in [0, 0.1) is 19.8 Å². The van der Waals surface area contributed by atoms with Gasteiger partial charge in [-0.25, -0.2) is 0 Å². The number of hydrogen-bond donors (Lipinski definition) is 1. The Balaban J connectivity index is 1.74. The molecule has 27 heavy (non-hydrogen) atoms. The van der Waals surface area contributed by atoms with E-state index in [1.165, 1.54) is 0 Å². The van der Waals surface area contributed by atoms with E-state index in [4.69, 9.17) is 9.47 Å². The highest BCUT2D eigenvalue weighted by Crippen LogP contribution is 2.33. The van der Waals surface area contributed by atoms with Crippen molar-refractivity contribution in [3.05, 3.63) is 47.5 Å². The van der Waals surface area contributed by atoms with Gasteiger partial charge in [0.15, 0.2) is 11.5 Å². The number of carbonyl (C=O) groups excluding carboxylic acids is 2. The van der Waals surface area contributed by atoms with Gasteiger partial charge in [0.25, 0.3) is 0 Å². The SMILES string of the molecule is COc1cc(C)c(NC(=O)C2CC(=O)N(c3ccc(C)cc3)C2)cc1OC. The molecule has 1 N–H and O–H groups in total. The zero-order chi connectivity index (χ0) is 19.6. The van der Waals surface area contributed by atoms with Gasteiger partial charge in [-0.15, -0.1) is 0 Å². The first-order chi connectivity index (χ1) is 12.9. The number of nitrogens with zero attached hydrogens (tertiary/aromatic N) is 1. The van der Waals surface area contributed by atoms with Crippen LogP contribution in [0.15, 0.2) is 36.4 Å². The predicted molar refractivity (Wildman–Crippen MR) is 105 cm³/mol. The lowest BCUT2D eigenvalue weighted by molar-refractivity contribution is -0.122. The van der Waals surface area contributed by atoms with Gasteiger partial charge >= 0.3 is 0 Å². The van der Waals surface area contributed by atoms with E-state index < -0.39 is 5.92 Å². The van der Waals surface area contributed by atoms with Crippen molar-refractivity contribution in [2.45, 2.75) is 20.3 Å². The first-order valence-corrected chi connectivity index (χ1v) is 8.83. The quantitative estimate of drug-likeness (QED) is 0.879. The molecule has 1 saturated heterocycles. The second-order valence-corrected chi connectivity index (χ2v) is 6.75. The molecular formula is C21H24N2O4. The van der Waals surface area contributed by atoms with Crippen molar-refractivity contribution in [2.24, 2.45) is 5.92 Å². The van der Waals surface area contributed by atoms with Crippen LogP contribution >= 0.6 is 0 Å². The number of rotatable bonds is 5. The van der Waals surface area contributed by atoms with Gasteiger partial charge in [-0.2, -0.15) is 0 Å². The smallest absolute Gasteiger partial charge is 0.229 e. The minimum atomic E-state index is -0.397. The molecule has 1 aliphatic rings. The topological polar surface area (TPSA) is 67.9 Å². The van der Waals surface area contributed by atoms with Crippen molar-refractivity contribution in [2.75, 3.05) is 31.0 Å². The third kappa shape index (κ3) is 3.89. The van der Waals surface area contributed by atoms with E-state index in [0.29, 0.717) is 23.7 Å². The average Bonchev–Trinajstić information content (AvgIpc) is 3.05. The van der Waals surface area contributed by atoms with Crippen molar-refractivity contribution in [3.63, 3.8) is 0 Å². The van der Waals surface area contributed by atoms with Gasteiger partial charge < -0.3 is 19.7 Å². The summed E-state index contributed by atoms with van der Waals surface area (Å²) in [6, 6.07) is 11.3. The Bertz CT molecular complexity index is 861. The van der Waals surface area contributed by atoms with Crippen molar-refractivity contribution >= 4 is 23.2 Å². The molecule has 0 bridgehead atoms. The van der Waals surface area contributed by atoms with Gasteiger partial charge in [-0.05, 0) is 37.6 Å². The fraction of sp³-hybridized carbons (Fsp3) is 0.333. The molecule has 1 atom stereocenters. The van der Waals surface area contributed by atoms with Crippen LogP contribution < -0.4 is 19.7 Å². The minimum absolute atomic E-state index is 0.0389. The molecule has 0 spiro atoms.